The van der Waals surface area contributed by atoms with Gasteiger partial charge in [-0.05, 0) is 25.0 Å². The molecule has 1 heterocycles. The fourth-order valence-corrected chi connectivity index (χ4v) is 2.21. The van der Waals surface area contributed by atoms with Gasteiger partial charge in [0, 0.05) is 25.2 Å². The molecule has 26 heavy (non-hydrogen) atoms. The third kappa shape index (κ3) is 4.47. The van der Waals surface area contributed by atoms with Crippen molar-refractivity contribution >= 4 is 11.6 Å². The van der Waals surface area contributed by atoms with Gasteiger partial charge in [0.2, 0.25) is 0 Å². The monoisotopic (exact) mass is 369 g/mol. The van der Waals surface area contributed by atoms with E-state index in [9.17, 15) is 32.9 Å². The smallest absolute Gasteiger partial charge is 0.285 e. The molecule has 1 aromatic carbocycles. The number of nitrogens with zero attached hydrogens (tertiary/aromatic N) is 2. The van der Waals surface area contributed by atoms with Crippen molar-refractivity contribution in [2.45, 2.75) is 19.4 Å². The van der Waals surface area contributed by atoms with E-state index in [2.05, 4.69) is 5.32 Å². The van der Waals surface area contributed by atoms with E-state index in [1.807, 2.05) is 0 Å². The maximum Gasteiger partial charge on any atom is 0.285 e. The van der Waals surface area contributed by atoms with Gasteiger partial charge in [0.25, 0.3) is 17.2 Å². The molecule has 0 atom stereocenters. The standard InChI is InChI=1S/C16H14F3N3O4/c17-12-5-4-11(14(18)15(12)19)16(24)20-7-1-2-8-21-9-10(22(25)26)3-6-13(21)23/h3-6,9H,1-2,7-8H2,(H,20,24). The number of hydrogen-bond acceptors (Lipinski definition) is 4. The van der Waals surface area contributed by atoms with E-state index >= 15 is 0 Å². The van der Waals surface area contributed by atoms with Gasteiger partial charge >= 0.3 is 0 Å². The number of nitro groups is 1. The van der Waals surface area contributed by atoms with Crippen molar-refractivity contribution in [2.75, 3.05) is 6.54 Å². The lowest BCUT2D eigenvalue weighted by Gasteiger charge is -2.08. The largest absolute Gasteiger partial charge is 0.352 e. The summed E-state index contributed by atoms with van der Waals surface area (Å²) in [6.45, 7) is 0.289. The number of benzene rings is 1. The second-order valence-corrected chi connectivity index (χ2v) is 5.36. The number of amides is 1. The van der Waals surface area contributed by atoms with Gasteiger partial charge in [-0.1, -0.05) is 0 Å². The number of hydrogen-bond donors (Lipinski definition) is 1. The van der Waals surface area contributed by atoms with Crippen molar-refractivity contribution in [1.29, 1.82) is 0 Å². The summed E-state index contributed by atoms with van der Waals surface area (Å²) >= 11 is 0. The molecule has 1 aromatic heterocycles. The van der Waals surface area contributed by atoms with Gasteiger partial charge in [-0.3, -0.25) is 19.7 Å². The van der Waals surface area contributed by atoms with Crippen molar-refractivity contribution in [3.63, 3.8) is 0 Å². The fourth-order valence-electron chi connectivity index (χ4n) is 2.21. The lowest BCUT2D eigenvalue weighted by atomic mass is 10.2. The number of aromatic nitrogens is 1. The molecule has 0 aliphatic rings. The van der Waals surface area contributed by atoms with Crippen LogP contribution in [0.2, 0.25) is 0 Å². The number of aryl methyl sites for hydroxylation is 1. The highest BCUT2D eigenvalue weighted by Crippen LogP contribution is 2.15. The highest BCUT2D eigenvalue weighted by molar-refractivity contribution is 5.94. The summed E-state index contributed by atoms with van der Waals surface area (Å²) in [5.74, 6) is -5.57. The summed E-state index contributed by atoms with van der Waals surface area (Å²) < 4.78 is 40.6. The number of unbranched alkanes of at least 4 members (excludes halogenated alkanes) is 1. The van der Waals surface area contributed by atoms with Crippen LogP contribution in [0, 0.1) is 27.6 Å². The van der Waals surface area contributed by atoms with E-state index in [0.29, 0.717) is 18.9 Å². The van der Waals surface area contributed by atoms with Gasteiger partial charge in [-0.25, -0.2) is 13.2 Å². The van der Waals surface area contributed by atoms with E-state index in [1.54, 1.807) is 0 Å². The normalized spacial score (nSPS) is 10.6. The number of pyridine rings is 1. The Balaban J connectivity index is 1.85. The Morgan fingerprint density at radius 1 is 1.12 bits per heavy atom. The fraction of sp³-hybridized carbons (Fsp3) is 0.250. The number of rotatable bonds is 7. The van der Waals surface area contributed by atoms with Crippen LogP contribution < -0.4 is 10.9 Å². The Labute approximate surface area is 145 Å². The summed E-state index contributed by atoms with van der Waals surface area (Å²) in [6.07, 6.45) is 1.91. The average Bonchev–Trinajstić information content (AvgIpc) is 2.60. The lowest BCUT2D eigenvalue weighted by Crippen LogP contribution is -2.26. The van der Waals surface area contributed by atoms with E-state index in [1.165, 1.54) is 4.57 Å². The molecule has 0 saturated carbocycles. The van der Waals surface area contributed by atoms with Crippen LogP contribution in [0.5, 0.6) is 0 Å². The predicted molar refractivity (Wildman–Crippen MR) is 85.2 cm³/mol. The molecule has 2 aromatic rings. The van der Waals surface area contributed by atoms with Crippen LogP contribution in [0.3, 0.4) is 0 Å². The molecule has 0 spiro atoms. The third-order valence-corrected chi connectivity index (χ3v) is 3.57. The van der Waals surface area contributed by atoms with E-state index in [-0.39, 0.29) is 18.8 Å². The minimum atomic E-state index is -1.72. The summed E-state index contributed by atoms with van der Waals surface area (Å²) in [5.41, 5.74) is -1.23. The molecule has 0 unspecified atom stereocenters. The van der Waals surface area contributed by atoms with Crippen LogP contribution in [-0.2, 0) is 6.54 Å². The first kappa shape index (κ1) is 19.2. The topological polar surface area (TPSA) is 94.2 Å². The zero-order chi connectivity index (χ0) is 19.3. The number of carbonyl (C=O) groups excluding carboxylic acids is 1. The molecule has 0 bridgehead atoms. The second kappa shape index (κ2) is 8.28. The van der Waals surface area contributed by atoms with Gasteiger partial charge < -0.3 is 9.88 Å². The maximum atomic E-state index is 13.5. The molecular weight excluding hydrogens is 355 g/mol. The summed E-state index contributed by atoms with van der Waals surface area (Å²) in [7, 11) is 0. The average molecular weight is 369 g/mol. The molecule has 10 heteroatoms. The molecular formula is C16H14F3N3O4. The number of carbonyl (C=O) groups is 1. The molecule has 0 fully saturated rings. The zero-order valence-corrected chi connectivity index (χ0v) is 13.4. The molecule has 0 saturated heterocycles. The molecule has 0 aliphatic carbocycles. The van der Waals surface area contributed by atoms with Crippen LogP contribution in [0.4, 0.5) is 18.9 Å². The summed E-state index contributed by atoms with van der Waals surface area (Å²) in [5, 5.41) is 13.0. The van der Waals surface area contributed by atoms with Crippen LogP contribution >= 0.6 is 0 Å². The minimum Gasteiger partial charge on any atom is -0.352 e. The number of nitrogens with one attached hydrogen (secondary N) is 1. The van der Waals surface area contributed by atoms with E-state index in [0.717, 1.165) is 24.4 Å². The molecule has 138 valence electrons. The van der Waals surface area contributed by atoms with Crippen LogP contribution in [0.25, 0.3) is 0 Å². The molecule has 1 N–H and O–H groups in total. The maximum absolute atomic E-state index is 13.5. The quantitative estimate of drug-likeness (QED) is 0.351. The minimum absolute atomic E-state index is 0.0982. The van der Waals surface area contributed by atoms with E-state index in [4.69, 9.17) is 0 Å². The SMILES string of the molecule is O=C(NCCCCn1cc([N+](=O)[O-])ccc1=O)c1ccc(F)c(F)c1F. The van der Waals surface area contributed by atoms with Crippen molar-refractivity contribution in [3.05, 3.63) is 73.9 Å². The van der Waals surface area contributed by atoms with Crippen molar-refractivity contribution in [1.82, 2.24) is 9.88 Å². The first-order valence-corrected chi connectivity index (χ1v) is 7.58. The lowest BCUT2D eigenvalue weighted by molar-refractivity contribution is -0.385. The third-order valence-electron chi connectivity index (χ3n) is 3.57. The molecule has 0 radical (unpaired) electrons. The first-order chi connectivity index (χ1) is 12.3. The highest BCUT2D eigenvalue weighted by Gasteiger charge is 2.18. The van der Waals surface area contributed by atoms with Crippen LogP contribution in [0.15, 0.2) is 35.3 Å². The van der Waals surface area contributed by atoms with Gasteiger partial charge in [0.05, 0.1) is 16.7 Å². The Morgan fingerprint density at radius 3 is 2.54 bits per heavy atom. The second-order valence-electron chi connectivity index (χ2n) is 5.36. The highest BCUT2D eigenvalue weighted by atomic mass is 19.2. The Hall–Kier alpha value is -3.17. The van der Waals surface area contributed by atoms with Gasteiger partial charge in [0.1, 0.15) is 0 Å². The van der Waals surface area contributed by atoms with E-state index < -0.39 is 39.4 Å². The van der Waals surface area contributed by atoms with Gasteiger partial charge in [0.15, 0.2) is 17.5 Å². The Bertz CT molecular complexity index is 899. The Kier molecular flexibility index (Phi) is 6.10. The molecule has 2 rings (SSSR count). The first-order valence-electron chi connectivity index (χ1n) is 7.58. The van der Waals surface area contributed by atoms with Crippen LogP contribution in [-0.4, -0.2) is 21.9 Å². The van der Waals surface area contributed by atoms with Crippen molar-refractivity contribution in [2.24, 2.45) is 0 Å². The Morgan fingerprint density at radius 2 is 1.85 bits per heavy atom. The zero-order valence-electron chi connectivity index (χ0n) is 13.4. The van der Waals surface area contributed by atoms with Crippen molar-refractivity contribution in [3.8, 4) is 0 Å². The molecule has 7 nitrogen and oxygen atoms in total. The predicted octanol–water partition coefficient (Wildman–Crippen LogP) is 2.38. The molecule has 1 amide bonds. The van der Waals surface area contributed by atoms with Crippen molar-refractivity contribution < 1.29 is 22.9 Å². The van der Waals surface area contributed by atoms with Gasteiger partial charge in [-0.15, -0.1) is 0 Å². The summed E-state index contributed by atoms with van der Waals surface area (Å²) in [6, 6.07) is 3.69. The molecule has 0 aliphatic heterocycles. The van der Waals surface area contributed by atoms with Crippen LogP contribution in [0.1, 0.15) is 23.2 Å². The summed E-state index contributed by atoms with van der Waals surface area (Å²) in [4.78, 5) is 33.4. The number of halogens is 3. The van der Waals surface area contributed by atoms with Gasteiger partial charge in [-0.2, -0.15) is 0 Å².